The molecular weight excluding hydrogens is 419 g/mol. The van der Waals surface area contributed by atoms with Gasteiger partial charge in [-0.25, -0.2) is 0 Å². The number of imide groups is 1. The van der Waals surface area contributed by atoms with E-state index in [0.717, 1.165) is 4.90 Å². The molecule has 0 unspecified atom stereocenters. The molecule has 0 aliphatic carbocycles. The molecule has 0 fully saturated rings. The van der Waals surface area contributed by atoms with Crippen molar-refractivity contribution in [2.75, 3.05) is 5.32 Å². The van der Waals surface area contributed by atoms with Crippen LogP contribution in [0.25, 0.3) is 0 Å². The van der Waals surface area contributed by atoms with Gasteiger partial charge in [-0.1, -0.05) is 23.2 Å². The lowest BCUT2D eigenvalue weighted by Crippen LogP contribution is -2.28. The van der Waals surface area contributed by atoms with Crippen molar-refractivity contribution in [2.45, 2.75) is 6.54 Å². The maximum absolute atomic E-state index is 12.7. The van der Waals surface area contributed by atoms with E-state index in [0.29, 0.717) is 5.76 Å². The minimum absolute atomic E-state index is 0.00534. The monoisotopic (exact) mass is 430 g/mol. The number of amides is 3. The lowest BCUT2D eigenvalue weighted by molar-refractivity contribution is 0.0631. The molecule has 0 spiro atoms. The average Bonchev–Trinajstić information content (AvgIpc) is 3.29. The number of phenolic OH excluding ortho intramolecular Hbond substituents is 1. The van der Waals surface area contributed by atoms with E-state index in [1.54, 1.807) is 12.1 Å². The number of carbonyl (C=O) groups excluding carboxylic acids is 3. The third-order valence-electron chi connectivity index (χ3n) is 4.40. The summed E-state index contributed by atoms with van der Waals surface area (Å²) >= 11 is 11.7. The number of benzene rings is 2. The summed E-state index contributed by atoms with van der Waals surface area (Å²) in [7, 11) is 0. The van der Waals surface area contributed by atoms with Crippen LogP contribution in [0, 0.1) is 0 Å². The van der Waals surface area contributed by atoms with Crippen molar-refractivity contribution < 1.29 is 23.9 Å². The number of aromatic hydroxyl groups is 1. The van der Waals surface area contributed by atoms with E-state index in [9.17, 15) is 19.5 Å². The predicted molar refractivity (Wildman–Crippen MR) is 105 cm³/mol. The van der Waals surface area contributed by atoms with Crippen LogP contribution in [0.2, 0.25) is 10.0 Å². The molecule has 0 saturated heterocycles. The van der Waals surface area contributed by atoms with Gasteiger partial charge < -0.3 is 14.8 Å². The molecule has 0 saturated carbocycles. The smallest absolute Gasteiger partial charge is 0.261 e. The summed E-state index contributed by atoms with van der Waals surface area (Å²) in [5.41, 5.74) is 0.792. The summed E-state index contributed by atoms with van der Waals surface area (Å²) in [6, 6.07) is 10.2. The highest BCUT2D eigenvalue weighted by Gasteiger charge is 2.36. The second-order valence-electron chi connectivity index (χ2n) is 6.28. The Balaban J connectivity index is 1.58. The number of hydrogen-bond acceptors (Lipinski definition) is 5. The van der Waals surface area contributed by atoms with Crippen LogP contribution in [0.4, 0.5) is 5.69 Å². The summed E-state index contributed by atoms with van der Waals surface area (Å²) in [6.07, 6.45) is 1.46. The van der Waals surface area contributed by atoms with Crippen LogP contribution in [-0.2, 0) is 6.54 Å². The maximum atomic E-state index is 12.7. The van der Waals surface area contributed by atoms with E-state index in [2.05, 4.69) is 5.32 Å². The van der Waals surface area contributed by atoms with Crippen LogP contribution in [-0.4, -0.2) is 27.7 Å². The Morgan fingerprint density at radius 2 is 1.72 bits per heavy atom. The Bertz CT molecular complexity index is 1130. The highest BCUT2D eigenvalue weighted by atomic mass is 35.5. The highest BCUT2D eigenvalue weighted by Crippen LogP contribution is 2.35. The molecule has 4 rings (SSSR count). The minimum atomic E-state index is -0.532. The number of nitrogens with zero attached hydrogens (tertiary/aromatic N) is 1. The molecule has 3 amide bonds. The van der Waals surface area contributed by atoms with Crippen molar-refractivity contribution in [3.05, 3.63) is 81.2 Å². The first-order valence-corrected chi connectivity index (χ1v) is 9.12. The quantitative estimate of drug-likeness (QED) is 0.473. The lowest BCUT2D eigenvalue weighted by atomic mass is 10.1. The lowest BCUT2D eigenvalue weighted by Gasteiger charge is -2.11. The summed E-state index contributed by atoms with van der Waals surface area (Å²) in [5, 5.41) is 12.2. The molecule has 146 valence electrons. The van der Waals surface area contributed by atoms with Gasteiger partial charge in [0.05, 0.1) is 34.0 Å². The van der Waals surface area contributed by atoms with E-state index in [4.69, 9.17) is 27.6 Å². The van der Waals surface area contributed by atoms with Gasteiger partial charge in [-0.2, -0.15) is 0 Å². The summed E-state index contributed by atoms with van der Waals surface area (Å²) in [4.78, 5) is 38.8. The van der Waals surface area contributed by atoms with Crippen LogP contribution in [0.15, 0.2) is 53.1 Å². The van der Waals surface area contributed by atoms with Crippen molar-refractivity contribution in [2.24, 2.45) is 0 Å². The van der Waals surface area contributed by atoms with E-state index >= 15 is 0 Å². The Kier molecular flexibility index (Phi) is 4.77. The van der Waals surface area contributed by atoms with Crippen LogP contribution in [0.1, 0.15) is 36.8 Å². The first kappa shape index (κ1) is 19.0. The van der Waals surface area contributed by atoms with Crippen molar-refractivity contribution in [3.8, 4) is 5.75 Å². The van der Waals surface area contributed by atoms with Gasteiger partial charge in [0, 0.05) is 11.3 Å². The normalized spacial score (nSPS) is 13.0. The third kappa shape index (κ3) is 3.46. The minimum Gasteiger partial charge on any atom is -0.505 e. The zero-order valence-electron chi connectivity index (χ0n) is 14.6. The van der Waals surface area contributed by atoms with Crippen LogP contribution < -0.4 is 5.32 Å². The molecule has 9 heteroatoms. The van der Waals surface area contributed by atoms with Crippen molar-refractivity contribution in [1.82, 2.24) is 4.90 Å². The van der Waals surface area contributed by atoms with Crippen molar-refractivity contribution >= 4 is 46.6 Å². The van der Waals surface area contributed by atoms with Crippen molar-refractivity contribution in [1.29, 1.82) is 0 Å². The molecule has 0 atom stereocenters. The van der Waals surface area contributed by atoms with Gasteiger partial charge in [0.2, 0.25) is 0 Å². The second-order valence-corrected chi connectivity index (χ2v) is 7.09. The Morgan fingerprint density at radius 1 is 1.03 bits per heavy atom. The van der Waals surface area contributed by atoms with Gasteiger partial charge in [-0.3, -0.25) is 19.3 Å². The van der Waals surface area contributed by atoms with Gasteiger partial charge in [-0.15, -0.1) is 0 Å². The first-order valence-electron chi connectivity index (χ1n) is 8.37. The number of rotatable bonds is 4. The molecule has 7 nitrogen and oxygen atoms in total. The number of furan rings is 1. The molecule has 0 radical (unpaired) electrons. The van der Waals surface area contributed by atoms with Gasteiger partial charge in [0.25, 0.3) is 17.7 Å². The van der Waals surface area contributed by atoms with Gasteiger partial charge >= 0.3 is 0 Å². The summed E-state index contributed by atoms with van der Waals surface area (Å²) in [5.74, 6) is -1.31. The third-order valence-corrected chi connectivity index (χ3v) is 4.98. The predicted octanol–water partition coefficient (Wildman–Crippen LogP) is 4.34. The molecule has 2 N–H and O–H groups in total. The zero-order chi connectivity index (χ0) is 20.7. The molecular formula is C20H12Cl2N2O5. The molecule has 2 aromatic carbocycles. The molecule has 1 aromatic heterocycles. The topological polar surface area (TPSA) is 99.8 Å². The zero-order valence-corrected chi connectivity index (χ0v) is 16.1. The fourth-order valence-electron chi connectivity index (χ4n) is 2.97. The largest absolute Gasteiger partial charge is 0.505 e. The Morgan fingerprint density at radius 3 is 2.38 bits per heavy atom. The Hall–Kier alpha value is -3.29. The first-order chi connectivity index (χ1) is 13.8. The summed E-state index contributed by atoms with van der Waals surface area (Å²) in [6.45, 7) is 0.00534. The van der Waals surface area contributed by atoms with E-state index in [-0.39, 0.29) is 44.7 Å². The number of carbonyl (C=O) groups is 3. The standard InChI is InChI=1S/C20H12Cl2N2O5/c21-15-7-11(8-16(22)17(15)25)23-18(26)10-3-4-13-14(6-10)20(28)24(19(13)27)9-12-2-1-5-29-12/h1-8,25H,9H2,(H,23,26). The molecule has 3 aromatic rings. The van der Waals surface area contributed by atoms with Crippen LogP contribution >= 0.6 is 23.2 Å². The Labute approximate surface area is 174 Å². The second kappa shape index (κ2) is 7.27. The van der Waals surface area contributed by atoms with Gasteiger partial charge in [-0.05, 0) is 42.5 Å². The van der Waals surface area contributed by atoms with E-state index in [1.165, 1.54) is 36.6 Å². The van der Waals surface area contributed by atoms with E-state index in [1.807, 2.05) is 0 Å². The highest BCUT2D eigenvalue weighted by molar-refractivity contribution is 6.37. The van der Waals surface area contributed by atoms with Crippen LogP contribution in [0.3, 0.4) is 0 Å². The van der Waals surface area contributed by atoms with Gasteiger partial charge in [0.1, 0.15) is 5.76 Å². The fraction of sp³-hybridized carbons (Fsp3) is 0.0500. The van der Waals surface area contributed by atoms with E-state index < -0.39 is 17.7 Å². The SMILES string of the molecule is O=C(Nc1cc(Cl)c(O)c(Cl)c1)c1ccc2c(c1)C(=O)N(Cc1ccco1)C2=O. The van der Waals surface area contributed by atoms with Crippen LogP contribution in [0.5, 0.6) is 5.75 Å². The number of fused-ring (bicyclic) bond motifs is 1. The molecule has 1 aliphatic heterocycles. The van der Waals surface area contributed by atoms with Gasteiger partial charge in [0.15, 0.2) is 5.75 Å². The average molecular weight is 431 g/mol. The fourth-order valence-corrected chi connectivity index (χ4v) is 3.46. The summed E-state index contributed by atoms with van der Waals surface area (Å²) < 4.78 is 5.20. The molecule has 2 heterocycles. The molecule has 1 aliphatic rings. The number of anilines is 1. The molecule has 29 heavy (non-hydrogen) atoms. The maximum Gasteiger partial charge on any atom is 0.261 e. The number of halogens is 2. The number of nitrogens with one attached hydrogen (secondary N) is 1. The number of phenols is 1. The number of hydrogen-bond donors (Lipinski definition) is 2. The molecule has 0 bridgehead atoms. The van der Waals surface area contributed by atoms with Crippen molar-refractivity contribution in [3.63, 3.8) is 0 Å².